The molecule has 0 bridgehead atoms. The van der Waals surface area contributed by atoms with Crippen LogP contribution in [0, 0.1) is 0 Å². The summed E-state index contributed by atoms with van der Waals surface area (Å²) in [6.45, 7) is 1.85. The van der Waals surface area contributed by atoms with E-state index in [9.17, 15) is 4.79 Å². The van der Waals surface area contributed by atoms with Gasteiger partial charge >= 0.3 is 0 Å². The number of thioether (sulfide) groups is 1. The number of rotatable bonds is 4. The fourth-order valence-electron chi connectivity index (χ4n) is 2.00. The summed E-state index contributed by atoms with van der Waals surface area (Å²) in [5.74, 6) is -0.0605. The highest BCUT2D eigenvalue weighted by Gasteiger charge is 2.16. The van der Waals surface area contributed by atoms with Crippen LogP contribution in [0.4, 0.5) is 5.69 Å². The van der Waals surface area contributed by atoms with Gasteiger partial charge in [-0.2, -0.15) is 0 Å². The van der Waals surface area contributed by atoms with E-state index in [2.05, 4.69) is 15.3 Å². The van der Waals surface area contributed by atoms with E-state index in [1.807, 2.05) is 49.4 Å². The maximum atomic E-state index is 12.2. The van der Waals surface area contributed by atoms with Crippen LogP contribution in [0.15, 0.2) is 53.7 Å². The highest BCUT2D eigenvalue weighted by molar-refractivity contribution is 8.00. The molecule has 3 rings (SSSR count). The number of imidazole rings is 1. The zero-order valence-corrected chi connectivity index (χ0v) is 13.4. The topological polar surface area (TPSA) is 57.8 Å². The summed E-state index contributed by atoms with van der Waals surface area (Å²) in [4.78, 5) is 19.8. The molecule has 0 aliphatic heterocycles. The van der Waals surface area contributed by atoms with Gasteiger partial charge in [0.05, 0.1) is 16.3 Å². The molecule has 0 radical (unpaired) electrons. The molecule has 22 heavy (non-hydrogen) atoms. The van der Waals surface area contributed by atoms with E-state index in [-0.39, 0.29) is 11.2 Å². The van der Waals surface area contributed by atoms with Gasteiger partial charge in [-0.25, -0.2) is 4.98 Å². The van der Waals surface area contributed by atoms with E-state index < -0.39 is 0 Å². The maximum Gasteiger partial charge on any atom is 0.237 e. The Bertz CT molecular complexity index is 804. The molecule has 2 N–H and O–H groups in total. The number of aromatic amines is 1. The van der Waals surface area contributed by atoms with Crippen molar-refractivity contribution in [1.82, 2.24) is 9.97 Å². The van der Waals surface area contributed by atoms with Crippen molar-refractivity contribution in [3.63, 3.8) is 0 Å². The lowest BCUT2D eigenvalue weighted by molar-refractivity contribution is -0.115. The van der Waals surface area contributed by atoms with Gasteiger partial charge in [-0.1, -0.05) is 41.6 Å². The van der Waals surface area contributed by atoms with E-state index in [0.717, 1.165) is 16.7 Å². The van der Waals surface area contributed by atoms with Crippen molar-refractivity contribution in [2.45, 2.75) is 17.3 Å². The predicted molar refractivity (Wildman–Crippen MR) is 91.5 cm³/mol. The number of amides is 1. The number of nitrogens with one attached hydrogen (secondary N) is 2. The molecular weight excluding hydrogens is 318 g/mol. The van der Waals surface area contributed by atoms with Crippen LogP contribution in [0.3, 0.4) is 0 Å². The zero-order chi connectivity index (χ0) is 15.5. The first kappa shape index (κ1) is 14.9. The van der Waals surface area contributed by atoms with Crippen LogP contribution in [-0.2, 0) is 4.79 Å². The number of H-pyrrole nitrogens is 1. The second-order valence-electron chi connectivity index (χ2n) is 4.82. The van der Waals surface area contributed by atoms with Crippen LogP contribution in [-0.4, -0.2) is 21.1 Å². The third kappa shape index (κ3) is 3.43. The SMILES string of the molecule is C[C@@H](Sc1nc2ccc(Cl)cc2[nH]1)C(=O)Nc1ccccc1. The molecule has 1 amide bonds. The molecule has 0 aliphatic rings. The number of nitrogens with zero attached hydrogens (tertiary/aromatic N) is 1. The van der Waals surface area contributed by atoms with E-state index in [1.54, 1.807) is 6.07 Å². The number of aromatic nitrogens is 2. The molecular formula is C16H14ClN3OS. The average molecular weight is 332 g/mol. The quantitative estimate of drug-likeness (QED) is 0.699. The Morgan fingerprint density at radius 1 is 1.27 bits per heavy atom. The molecule has 0 fully saturated rings. The lowest BCUT2D eigenvalue weighted by Crippen LogP contribution is -2.22. The Kier molecular flexibility index (Phi) is 4.36. The maximum absolute atomic E-state index is 12.2. The number of hydrogen-bond donors (Lipinski definition) is 2. The Morgan fingerprint density at radius 2 is 2.05 bits per heavy atom. The van der Waals surface area contributed by atoms with Crippen molar-refractivity contribution in [1.29, 1.82) is 0 Å². The summed E-state index contributed by atoms with van der Waals surface area (Å²) in [5, 5.41) is 3.97. The number of fused-ring (bicyclic) bond motifs is 1. The Hall–Kier alpha value is -1.98. The van der Waals surface area contributed by atoms with Crippen LogP contribution in [0.25, 0.3) is 11.0 Å². The van der Waals surface area contributed by atoms with Gasteiger partial charge < -0.3 is 10.3 Å². The summed E-state index contributed by atoms with van der Waals surface area (Å²) >= 11 is 7.34. The molecule has 0 unspecified atom stereocenters. The largest absolute Gasteiger partial charge is 0.333 e. The number of anilines is 1. The molecule has 6 heteroatoms. The van der Waals surface area contributed by atoms with Crippen molar-refractivity contribution >= 4 is 46.0 Å². The number of carbonyl (C=O) groups excluding carboxylic acids is 1. The van der Waals surface area contributed by atoms with E-state index in [0.29, 0.717) is 10.2 Å². The lowest BCUT2D eigenvalue weighted by Gasteiger charge is -2.10. The van der Waals surface area contributed by atoms with Gasteiger partial charge in [0.1, 0.15) is 0 Å². The number of hydrogen-bond acceptors (Lipinski definition) is 3. The van der Waals surface area contributed by atoms with Crippen LogP contribution < -0.4 is 5.32 Å². The van der Waals surface area contributed by atoms with Crippen molar-refractivity contribution in [2.75, 3.05) is 5.32 Å². The van der Waals surface area contributed by atoms with Crippen LogP contribution in [0.1, 0.15) is 6.92 Å². The van der Waals surface area contributed by atoms with Gasteiger partial charge in [0.25, 0.3) is 0 Å². The highest BCUT2D eigenvalue weighted by atomic mass is 35.5. The van der Waals surface area contributed by atoms with E-state index in [1.165, 1.54) is 11.8 Å². The fraction of sp³-hybridized carbons (Fsp3) is 0.125. The molecule has 0 saturated heterocycles. The second-order valence-corrected chi connectivity index (χ2v) is 6.58. The number of carbonyl (C=O) groups is 1. The van der Waals surface area contributed by atoms with Crippen LogP contribution in [0.5, 0.6) is 0 Å². The molecule has 112 valence electrons. The number of para-hydroxylation sites is 1. The first-order valence-corrected chi connectivity index (χ1v) is 8.05. The normalized spacial score (nSPS) is 12.3. The molecule has 4 nitrogen and oxygen atoms in total. The minimum atomic E-state index is -0.267. The standard InChI is InChI=1S/C16H14ClN3OS/c1-10(15(21)18-12-5-3-2-4-6-12)22-16-19-13-8-7-11(17)9-14(13)20-16/h2-10H,1H3,(H,18,21)(H,19,20)/t10-/m1/s1. The average Bonchev–Trinajstić information content (AvgIpc) is 2.89. The monoisotopic (exact) mass is 331 g/mol. The van der Waals surface area contributed by atoms with E-state index >= 15 is 0 Å². The Labute approximate surface area is 137 Å². The summed E-state index contributed by atoms with van der Waals surface area (Å²) in [7, 11) is 0. The van der Waals surface area contributed by atoms with Crippen molar-refractivity contribution < 1.29 is 4.79 Å². The lowest BCUT2D eigenvalue weighted by atomic mass is 10.3. The number of halogens is 1. The summed E-state index contributed by atoms with van der Waals surface area (Å²) in [5.41, 5.74) is 2.49. The van der Waals surface area contributed by atoms with Gasteiger partial charge in [-0.15, -0.1) is 0 Å². The fourth-order valence-corrected chi connectivity index (χ4v) is 2.99. The number of benzene rings is 2. The molecule has 1 atom stereocenters. The summed E-state index contributed by atoms with van der Waals surface area (Å²) in [6.07, 6.45) is 0. The molecule has 0 saturated carbocycles. The first-order valence-electron chi connectivity index (χ1n) is 6.79. The van der Waals surface area contributed by atoms with Crippen molar-refractivity contribution in [3.05, 3.63) is 53.6 Å². The predicted octanol–water partition coefficient (Wildman–Crippen LogP) is 4.34. The molecule has 1 aromatic heterocycles. The Balaban J connectivity index is 1.69. The van der Waals surface area contributed by atoms with Crippen molar-refractivity contribution in [2.24, 2.45) is 0 Å². The zero-order valence-electron chi connectivity index (χ0n) is 11.8. The molecule has 3 aromatic rings. The minimum Gasteiger partial charge on any atom is -0.333 e. The van der Waals surface area contributed by atoms with Gasteiger partial charge in [-0.05, 0) is 37.3 Å². The molecule has 1 heterocycles. The van der Waals surface area contributed by atoms with Gasteiger partial charge in [0.2, 0.25) is 5.91 Å². The summed E-state index contributed by atoms with van der Waals surface area (Å²) in [6, 6.07) is 14.9. The third-order valence-corrected chi connectivity index (χ3v) is 4.34. The smallest absolute Gasteiger partial charge is 0.237 e. The van der Waals surface area contributed by atoms with Gasteiger partial charge in [-0.3, -0.25) is 4.79 Å². The van der Waals surface area contributed by atoms with Crippen LogP contribution >= 0.6 is 23.4 Å². The van der Waals surface area contributed by atoms with E-state index in [4.69, 9.17) is 11.6 Å². The van der Waals surface area contributed by atoms with Crippen LogP contribution in [0.2, 0.25) is 5.02 Å². The first-order chi connectivity index (χ1) is 10.6. The third-order valence-electron chi connectivity index (χ3n) is 3.12. The molecule has 0 aliphatic carbocycles. The molecule has 2 aromatic carbocycles. The van der Waals surface area contributed by atoms with Crippen molar-refractivity contribution in [3.8, 4) is 0 Å². The highest BCUT2D eigenvalue weighted by Crippen LogP contribution is 2.25. The summed E-state index contributed by atoms with van der Waals surface area (Å²) < 4.78 is 0. The minimum absolute atomic E-state index is 0.0605. The molecule has 0 spiro atoms. The van der Waals surface area contributed by atoms with Gasteiger partial charge in [0.15, 0.2) is 5.16 Å². The Morgan fingerprint density at radius 3 is 2.82 bits per heavy atom. The second kappa shape index (κ2) is 6.42. The van der Waals surface area contributed by atoms with Gasteiger partial charge in [0, 0.05) is 10.7 Å².